The van der Waals surface area contributed by atoms with Crippen molar-refractivity contribution in [2.45, 2.75) is 38.1 Å². The smallest absolute Gasteiger partial charge is 1.00 e. The minimum atomic E-state index is -0.986. The number of nitrogens with zero attached hydrogens (tertiary/aromatic N) is 2. The van der Waals surface area contributed by atoms with Gasteiger partial charge in [-0.1, -0.05) is 13.2 Å². The van der Waals surface area contributed by atoms with Crippen LogP contribution >= 0.6 is 23.5 Å². The molecular formula is C20H35Cl2K2N7O9. The van der Waals surface area contributed by atoms with E-state index in [0.717, 1.165) is 12.2 Å². The molecule has 0 saturated heterocycles. The molecule has 0 aromatic carbocycles. The summed E-state index contributed by atoms with van der Waals surface area (Å²) in [5, 5.41) is 16.8. The van der Waals surface area contributed by atoms with Crippen molar-refractivity contribution in [3.8, 4) is 0 Å². The first-order valence-corrected chi connectivity index (χ1v) is 11.0. The van der Waals surface area contributed by atoms with E-state index in [9.17, 15) is 19.2 Å². The van der Waals surface area contributed by atoms with Gasteiger partial charge in [-0.05, 0) is 49.4 Å². The van der Waals surface area contributed by atoms with Crippen LogP contribution in [0.15, 0.2) is 35.3 Å². The molecule has 0 aliphatic rings. The van der Waals surface area contributed by atoms with Crippen LogP contribution in [0.25, 0.3) is 0 Å². The van der Waals surface area contributed by atoms with Crippen molar-refractivity contribution >= 4 is 64.8 Å². The number of aliphatic imine (C=N–C) groups is 2. The van der Waals surface area contributed by atoms with Crippen molar-refractivity contribution in [3.05, 3.63) is 25.3 Å². The average molecular weight is 667 g/mol. The largest absolute Gasteiger partial charge is 1.00 e. The SMILES string of the molecule is C=CC(=O)CC(CCCN=C(N)N)C(=O)O.C=CC(=O)Cl.NC(N)=NCCCC(N)C(=O)OCl.O=CO[O-].[H-].[K+].[K+]. The third-order valence-electron chi connectivity index (χ3n) is 3.58. The topological polar surface area (TPSA) is 302 Å². The second-order valence-electron chi connectivity index (χ2n) is 6.51. The van der Waals surface area contributed by atoms with Gasteiger partial charge in [-0.15, -0.1) is 0 Å². The van der Waals surface area contributed by atoms with Crippen molar-refractivity contribution in [1.82, 2.24) is 0 Å². The van der Waals surface area contributed by atoms with Crippen molar-refractivity contribution < 1.29 is 148 Å². The Labute approximate surface area is 328 Å². The molecule has 40 heavy (non-hydrogen) atoms. The molecule has 0 spiro atoms. The molecule has 0 aromatic heterocycles. The van der Waals surface area contributed by atoms with Crippen molar-refractivity contribution in [2.75, 3.05) is 13.1 Å². The Bertz CT molecular complexity index is 807. The number of ketones is 1. The Morgan fingerprint density at radius 1 is 0.975 bits per heavy atom. The first-order valence-electron chi connectivity index (χ1n) is 10.3. The number of halogens is 2. The van der Waals surface area contributed by atoms with Gasteiger partial charge in [0.05, 0.1) is 5.92 Å². The molecule has 0 fully saturated rings. The molecule has 0 saturated carbocycles. The minimum absolute atomic E-state index is 0. The molecule has 0 aliphatic heterocycles. The summed E-state index contributed by atoms with van der Waals surface area (Å²) >= 11 is 9.52. The number of hydrogen-bond donors (Lipinski definition) is 6. The van der Waals surface area contributed by atoms with Crippen LogP contribution in [-0.2, 0) is 33.1 Å². The number of carboxylic acids is 1. The summed E-state index contributed by atoms with van der Waals surface area (Å²) in [7, 11) is 0. The second kappa shape index (κ2) is 38.5. The zero-order valence-electron chi connectivity index (χ0n) is 23.5. The maximum atomic E-state index is 11.0. The second-order valence-corrected chi connectivity index (χ2v) is 7.04. The number of aliphatic carboxylic acids is 1. The molecule has 0 bridgehead atoms. The number of rotatable bonds is 15. The van der Waals surface area contributed by atoms with Crippen LogP contribution < -0.4 is 137 Å². The van der Waals surface area contributed by atoms with Gasteiger partial charge in [-0.2, -0.15) is 0 Å². The van der Waals surface area contributed by atoms with Crippen LogP contribution in [0.4, 0.5) is 0 Å². The summed E-state index contributed by atoms with van der Waals surface area (Å²) in [6, 6.07) is -0.716. The van der Waals surface area contributed by atoms with Gasteiger partial charge < -0.3 is 49.6 Å². The molecule has 2 atom stereocenters. The van der Waals surface area contributed by atoms with Crippen molar-refractivity contribution in [2.24, 2.45) is 44.6 Å². The Morgan fingerprint density at radius 3 is 1.65 bits per heavy atom. The normalized spacial score (nSPS) is 9.80. The Kier molecular flexibility index (Phi) is 50.3. The number of carbonyl (C=O) groups is 5. The maximum Gasteiger partial charge on any atom is 1.00 e. The summed E-state index contributed by atoms with van der Waals surface area (Å²) < 4.78 is 3.91. The molecule has 20 heteroatoms. The zero-order valence-corrected chi connectivity index (χ0v) is 30.3. The third kappa shape index (κ3) is 47.3. The molecule has 11 N–H and O–H groups in total. The molecule has 2 unspecified atom stereocenters. The van der Waals surface area contributed by atoms with E-state index in [-0.39, 0.29) is 135 Å². The van der Waals surface area contributed by atoms with Crippen LogP contribution in [0, 0.1) is 5.92 Å². The van der Waals surface area contributed by atoms with Crippen LogP contribution in [0.1, 0.15) is 33.5 Å². The molecule has 16 nitrogen and oxygen atoms in total. The van der Waals surface area contributed by atoms with Gasteiger partial charge in [0.1, 0.15) is 17.9 Å². The van der Waals surface area contributed by atoms with E-state index in [0.29, 0.717) is 38.8 Å². The van der Waals surface area contributed by atoms with Crippen LogP contribution in [0.5, 0.6) is 0 Å². The van der Waals surface area contributed by atoms with Gasteiger partial charge in [-0.25, -0.2) is 4.79 Å². The van der Waals surface area contributed by atoms with E-state index in [4.69, 9.17) is 67.3 Å². The standard InChI is InChI=1S/C10H17N3O3.C6H13ClN4O2.C3H3ClO.CH2O3.2K.H/c1-2-8(14)6-7(9(15)16)4-3-5-13-10(11)12;7-13-5(12)4(8)2-1-3-11-6(9)10;1-2-3(4)5;2-1-4-3;;;/h2,7H,1,3-6H2,(H,15,16)(H4,11,12,13);4H,1-3,8H2,(H4,9,10,11);2H,1H2;1,3H;;;/q;;;;2*+1;-1/p-1. The summed E-state index contributed by atoms with van der Waals surface area (Å²) in [5.41, 5.74) is 25.8. The Balaban J connectivity index is -0.0000000830. The minimum Gasteiger partial charge on any atom is -1.00 e. The first-order chi connectivity index (χ1) is 17.7. The average Bonchev–Trinajstić information content (AvgIpc) is 2.87. The molecule has 0 rings (SSSR count). The van der Waals surface area contributed by atoms with E-state index in [1.165, 1.54) is 0 Å². The van der Waals surface area contributed by atoms with E-state index in [2.05, 4.69) is 32.3 Å². The van der Waals surface area contributed by atoms with Crippen LogP contribution in [0.2, 0.25) is 0 Å². The summed E-state index contributed by atoms with van der Waals surface area (Å²) in [5.74, 6) is -2.59. The number of carboxylic acid groups (broad SMARTS) is 1. The third-order valence-corrected chi connectivity index (χ3v) is 3.88. The molecule has 0 aliphatic carbocycles. The van der Waals surface area contributed by atoms with E-state index >= 15 is 0 Å². The van der Waals surface area contributed by atoms with Crippen molar-refractivity contribution in [1.29, 1.82) is 0 Å². The zero-order chi connectivity index (χ0) is 30.5. The van der Waals surface area contributed by atoms with Gasteiger partial charge >= 0.3 is 115 Å². The molecule has 0 heterocycles. The van der Waals surface area contributed by atoms with Crippen molar-refractivity contribution in [3.63, 3.8) is 0 Å². The molecule has 0 amide bonds. The number of nitrogens with two attached hydrogens (primary N) is 5. The van der Waals surface area contributed by atoms with Crippen LogP contribution in [0.3, 0.4) is 0 Å². The fourth-order valence-corrected chi connectivity index (χ4v) is 1.99. The number of hydrogen-bond acceptors (Lipinski definition) is 11. The number of guanidine groups is 2. The molecular weight excluding hydrogens is 631 g/mol. The predicted octanol–water partition coefficient (Wildman–Crippen LogP) is -7.56. The van der Waals surface area contributed by atoms with Gasteiger partial charge in [0.2, 0.25) is 5.24 Å². The fourth-order valence-electron chi connectivity index (χ4n) is 1.88. The van der Waals surface area contributed by atoms with E-state index in [1.807, 2.05) is 0 Å². The summed E-state index contributed by atoms with van der Waals surface area (Å²) in [6.45, 7) is 7.00. The van der Waals surface area contributed by atoms with Gasteiger partial charge in [0, 0.05) is 19.5 Å². The van der Waals surface area contributed by atoms with Gasteiger partial charge in [-0.3, -0.25) is 29.2 Å². The van der Waals surface area contributed by atoms with E-state index < -0.39 is 29.1 Å². The van der Waals surface area contributed by atoms with E-state index in [1.54, 1.807) is 0 Å². The molecule has 0 aromatic rings. The van der Waals surface area contributed by atoms with Gasteiger partial charge in [0.15, 0.2) is 17.7 Å². The Hall–Kier alpha value is -0.457. The predicted molar refractivity (Wildman–Crippen MR) is 140 cm³/mol. The Morgan fingerprint density at radius 2 is 1.38 bits per heavy atom. The quantitative estimate of drug-likeness (QED) is 0.0109. The molecule has 0 radical (unpaired) electrons. The summed E-state index contributed by atoms with van der Waals surface area (Å²) in [6.07, 6.45) is 4.08. The maximum absolute atomic E-state index is 11.0. The van der Waals surface area contributed by atoms with Crippen LogP contribution in [-0.4, -0.2) is 65.6 Å². The first kappa shape index (κ1) is 52.2. The number of carbonyl (C=O) groups excluding carboxylic acids is 4. The summed E-state index contributed by atoms with van der Waals surface area (Å²) in [4.78, 5) is 60.7. The number of allylic oxidation sites excluding steroid dienone is 2. The monoisotopic (exact) mass is 665 g/mol. The fraction of sp³-hybridized carbons (Fsp3) is 0.450. The van der Waals surface area contributed by atoms with Gasteiger partial charge in [0.25, 0.3) is 6.47 Å². The molecule has 220 valence electrons.